The fourth-order valence-electron chi connectivity index (χ4n) is 1.60. The summed E-state index contributed by atoms with van der Waals surface area (Å²) < 4.78 is 0. The van der Waals surface area contributed by atoms with E-state index in [0.717, 1.165) is 5.92 Å². The Kier molecular flexibility index (Phi) is 3.05. The quantitative estimate of drug-likeness (QED) is 0.484. The van der Waals surface area contributed by atoms with Crippen molar-refractivity contribution in [3.63, 3.8) is 0 Å². The summed E-state index contributed by atoms with van der Waals surface area (Å²) in [7, 11) is 1.24. The van der Waals surface area contributed by atoms with E-state index in [1.807, 2.05) is 0 Å². The number of hydrogen-bond donors (Lipinski definition) is 0. The van der Waals surface area contributed by atoms with E-state index < -0.39 is 0 Å². The molecule has 1 aliphatic rings. The molecular formula is C8H16Si. The van der Waals surface area contributed by atoms with Crippen molar-refractivity contribution in [2.45, 2.75) is 32.1 Å². The number of hydrogen-bond acceptors (Lipinski definition) is 0. The molecule has 52 valence electrons. The third kappa shape index (κ3) is 2.35. The Bertz CT molecular complexity index is 90.7. The smallest absolute Gasteiger partial charge is 0.0287 e. The van der Waals surface area contributed by atoms with Crippen molar-refractivity contribution in [2.24, 2.45) is 5.92 Å². The number of rotatable bonds is 1. The molecule has 0 nitrogen and oxygen atoms in total. The normalized spacial score (nSPS) is 23.6. The molecule has 0 heterocycles. The Hall–Kier alpha value is -0.0431. The van der Waals surface area contributed by atoms with Crippen LogP contribution in [0.3, 0.4) is 0 Å². The molecule has 1 saturated carbocycles. The lowest BCUT2D eigenvalue weighted by Gasteiger charge is -2.17. The van der Waals surface area contributed by atoms with E-state index in [2.05, 4.69) is 11.8 Å². The maximum Gasteiger partial charge on any atom is 0.0287 e. The van der Waals surface area contributed by atoms with E-state index in [1.54, 1.807) is 0 Å². The summed E-state index contributed by atoms with van der Waals surface area (Å²) in [4.78, 5) is 0. The highest BCUT2D eigenvalue weighted by Crippen LogP contribution is 2.23. The standard InChI is InChI=1S/C8H16Si/c9-7-6-8-4-2-1-3-5-8/h6-8H,1-5H2,9H3. The lowest BCUT2D eigenvalue weighted by Crippen LogP contribution is -2.02. The predicted molar refractivity (Wildman–Crippen MR) is 45.7 cm³/mol. The van der Waals surface area contributed by atoms with Gasteiger partial charge in [-0.1, -0.05) is 25.3 Å². The SMILES string of the molecule is [SiH3]C=CC1CCCCC1. The first-order valence-electron chi connectivity index (χ1n) is 4.06. The van der Waals surface area contributed by atoms with Crippen LogP contribution in [-0.2, 0) is 0 Å². The lowest BCUT2D eigenvalue weighted by atomic mass is 9.90. The van der Waals surface area contributed by atoms with Gasteiger partial charge in [-0.3, -0.25) is 0 Å². The van der Waals surface area contributed by atoms with Gasteiger partial charge in [-0.2, -0.15) is 0 Å². The topological polar surface area (TPSA) is 0 Å². The monoisotopic (exact) mass is 140 g/mol. The summed E-state index contributed by atoms with van der Waals surface area (Å²) in [5, 5.41) is 0. The Morgan fingerprint density at radius 1 is 1.11 bits per heavy atom. The summed E-state index contributed by atoms with van der Waals surface area (Å²) in [6.45, 7) is 0. The highest BCUT2D eigenvalue weighted by Gasteiger charge is 2.08. The second-order valence-corrected chi connectivity index (χ2v) is 3.59. The van der Waals surface area contributed by atoms with E-state index >= 15 is 0 Å². The molecule has 0 aromatic heterocycles. The first-order valence-corrected chi connectivity index (χ1v) is 5.22. The average molecular weight is 140 g/mol. The van der Waals surface area contributed by atoms with E-state index in [0.29, 0.717) is 0 Å². The molecular weight excluding hydrogens is 124 g/mol. The molecule has 0 bridgehead atoms. The highest BCUT2D eigenvalue weighted by atomic mass is 28.1. The lowest BCUT2D eigenvalue weighted by molar-refractivity contribution is 0.420. The van der Waals surface area contributed by atoms with Gasteiger partial charge in [-0.15, -0.1) is 5.70 Å². The van der Waals surface area contributed by atoms with Crippen molar-refractivity contribution in [1.29, 1.82) is 0 Å². The summed E-state index contributed by atoms with van der Waals surface area (Å²) >= 11 is 0. The zero-order chi connectivity index (χ0) is 6.53. The third-order valence-electron chi connectivity index (χ3n) is 2.11. The van der Waals surface area contributed by atoms with Gasteiger partial charge in [0, 0.05) is 10.2 Å². The van der Waals surface area contributed by atoms with Gasteiger partial charge in [0.05, 0.1) is 0 Å². The predicted octanol–water partition coefficient (Wildman–Crippen LogP) is 1.45. The van der Waals surface area contributed by atoms with Crippen LogP contribution in [0.5, 0.6) is 0 Å². The second kappa shape index (κ2) is 3.88. The van der Waals surface area contributed by atoms with E-state index in [4.69, 9.17) is 0 Å². The molecule has 0 aliphatic heterocycles. The molecule has 0 aromatic carbocycles. The molecule has 0 aromatic rings. The molecule has 0 spiro atoms. The van der Waals surface area contributed by atoms with Crippen molar-refractivity contribution >= 4 is 10.2 Å². The van der Waals surface area contributed by atoms with Gasteiger partial charge in [-0.25, -0.2) is 0 Å². The van der Waals surface area contributed by atoms with Gasteiger partial charge in [0.2, 0.25) is 0 Å². The Balaban J connectivity index is 2.23. The van der Waals surface area contributed by atoms with Crippen molar-refractivity contribution in [2.75, 3.05) is 0 Å². The van der Waals surface area contributed by atoms with Crippen LogP contribution < -0.4 is 0 Å². The van der Waals surface area contributed by atoms with Crippen LogP contribution in [0.25, 0.3) is 0 Å². The van der Waals surface area contributed by atoms with Gasteiger partial charge in [0.25, 0.3) is 0 Å². The minimum atomic E-state index is 0.955. The number of allylic oxidation sites excluding steroid dienone is 1. The van der Waals surface area contributed by atoms with Crippen molar-refractivity contribution < 1.29 is 0 Å². The van der Waals surface area contributed by atoms with Crippen LogP contribution in [0.2, 0.25) is 0 Å². The molecule has 0 radical (unpaired) electrons. The summed E-state index contributed by atoms with van der Waals surface area (Å²) in [6.07, 6.45) is 9.75. The van der Waals surface area contributed by atoms with Crippen LogP contribution >= 0.6 is 0 Å². The van der Waals surface area contributed by atoms with Gasteiger partial charge >= 0.3 is 0 Å². The molecule has 1 fully saturated rings. The molecule has 0 unspecified atom stereocenters. The fraction of sp³-hybridized carbons (Fsp3) is 0.750. The van der Waals surface area contributed by atoms with Crippen LogP contribution in [-0.4, -0.2) is 10.2 Å². The summed E-state index contributed by atoms with van der Waals surface area (Å²) in [5.41, 5.74) is 2.33. The van der Waals surface area contributed by atoms with Crippen LogP contribution in [0.1, 0.15) is 32.1 Å². The van der Waals surface area contributed by atoms with Gasteiger partial charge < -0.3 is 0 Å². The molecule has 0 atom stereocenters. The van der Waals surface area contributed by atoms with Gasteiger partial charge in [-0.05, 0) is 18.8 Å². The molecule has 1 heteroatoms. The van der Waals surface area contributed by atoms with Crippen molar-refractivity contribution in [3.8, 4) is 0 Å². The molecule has 1 aliphatic carbocycles. The maximum absolute atomic E-state index is 2.42. The summed E-state index contributed by atoms with van der Waals surface area (Å²) in [5.74, 6) is 0.955. The van der Waals surface area contributed by atoms with E-state index in [1.165, 1.54) is 42.3 Å². The van der Waals surface area contributed by atoms with Crippen molar-refractivity contribution in [3.05, 3.63) is 11.8 Å². The fourth-order valence-corrected chi connectivity index (χ4v) is 2.14. The minimum absolute atomic E-state index is 0.955. The van der Waals surface area contributed by atoms with Crippen LogP contribution in [0.4, 0.5) is 0 Å². The first-order chi connectivity index (χ1) is 4.43. The molecule has 1 rings (SSSR count). The van der Waals surface area contributed by atoms with E-state index in [9.17, 15) is 0 Å². The van der Waals surface area contributed by atoms with E-state index in [-0.39, 0.29) is 0 Å². The third-order valence-corrected chi connectivity index (χ3v) is 2.50. The van der Waals surface area contributed by atoms with Crippen LogP contribution in [0.15, 0.2) is 11.8 Å². The Morgan fingerprint density at radius 3 is 2.33 bits per heavy atom. The van der Waals surface area contributed by atoms with Gasteiger partial charge in [0.15, 0.2) is 0 Å². The highest BCUT2D eigenvalue weighted by molar-refractivity contribution is 6.16. The average Bonchev–Trinajstić information content (AvgIpc) is 1.91. The molecule has 0 saturated heterocycles. The zero-order valence-corrected chi connectivity index (χ0v) is 8.27. The zero-order valence-electron chi connectivity index (χ0n) is 6.27. The maximum atomic E-state index is 2.42. The molecule has 0 amide bonds. The summed E-state index contributed by atoms with van der Waals surface area (Å²) in [6, 6.07) is 0. The van der Waals surface area contributed by atoms with Gasteiger partial charge in [0.1, 0.15) is 0 Å². The first kappa shape index (κ1) is 7.07. The van der Waals surface area contributed by atoms with Crippen molar-refractivity contribution in [1.82, 2.24) is 0 Å². The Labute approximate surface area is 60.8 Å². The van der Waals surface area contributed by atoms with Crippen LogP contribution in [0, 0.1) is 5.92 Å². The second-order valence-electron chi connectivity index (χ2n) is 2.92. The molecule has 0 N–H and O–H groups in total. The largest absolute Gasteiger partial charge is 0.109 e. The Morgan fingerprint density at radius 2 is 1.78 bits per heavy atom. The molecule has 9 heavy (non-hydrogen) atoms. The minimum Gasteiger partial charge on any atom is -0.109 e.